The summed E-state index contributed by atoms with van der Waals surface area (Å²) in [6, 6.07) is 15.7. The second kappa shape index (κ2) is 8.96. The number of benzene rings is 2. The molecule has 0 radical (unpaired) electrons. The number of nitrogens with zero attached hydrogens (tertiary/aromatic N) is 4. The van der Waals surface area contributed by atoms with Crippen molar-refractivity contribution in [1.82, 2.24) is 19.9 Å². The Labute approximate surface area is 168 Å². The van der Waals surface area contributed by atoms with Crippen molar-refractivity contribution >= 4 is 5.91 Å². The minimum atomic E-state index is -0.338. The lowest BCUT2D eigenvalue weighted by Crippen LogP contribution is -2.35. The number of carbonyl (C=O) groups excluding carboxylic acids is 1. The molecule has 0 aliphatic carbocycles. The third kappa shape index (κ3) is 5.06. The van der Waals surface area contributed by atoms with E-state index >= 15 is 0 Å². The molecule has 7 heteroatoms. The van der Waals surface area contributed by atoms with Gasteiger partial charge in [-0.2, -0.15) is 4.98 Å². The van der Waals surface area contributed by atoms with E-state index < -0.39 is 0 Å². The molecule has 2 heterocycles. The van der Waals surface area contributed by atoms with Crippen molar-refractivity contribution in [2.45, 2.75) is 19.4 Å². The Balaban J connectivity index is 1.32. The van der Waals surface area contributed by atoms with E-state index in [1.54, 1.807) is 0 Å². The molecule has 0 saturated carbocycles. The molecule has 1 amide bonds. The van der Waals surface area contributed by atoms with Crippen molar-refractivity contribution in [3.05, 3.63) is 83.3 Å². The van der Waals surface area contributed by atoms with Crippen LogP contribution in [-0.2, 0) is 13.0 Å². The molecule has 0 bridgehead atoms. The summed E-state index contributed by atoms with van der Waals surface area (Å²) >= 11 is 0. The summed E-state index contributed by atoms with van der Waals surface area (Å²) in [5, 5.41) is 4.10. The van der Waals surface area contributed by atoms with Crippen molar-refractivity contribution in [1.29, 1.82) is 0 Å². The number of hydrogen-bond donors (Lipinski definition) is 0. The molecular weight excluding hydrogens is 371 g/mol. The van der Waals surface area contributed by atoms with Crippen LogP contribution >= 0.6 is 0 Å². The van der Waals surface area contributed by atoms with Crippen LogP contribution in [0.3, 0.4) is 0 Å². The Morgan fingerprint density at radius 2 is 1.79 bits per heavy atom. The largest absolute Gasteiger partial charge is 0.339 e. The minimum Gasteiger partial charge on any atom is -0.339 e. The molecule has 150 valence electrons. The fourth-order valence-electron chi connectivity index (χ4n) is 3.50. The number of carbonyl (C=O) groups is 1. The van der Waals surface area contributed by atoms with E-state index in [0.717, 1.165) is 25.1 Å². The van der Waals surface area contributed by atoms with Gasteiger partial charge in [-0.15, -0.1) is 0 Å². The first kappa shape index (κ1) is 19.3. The van der Waals surface area contributed by atoms with E-state index in [9.17, 15) is 9.18 Å². The molecule has 1 saturated heterocycles. The lowest BCUT2D eigenvalue weighted by molar-refractivity contribution is 0.0761. The molecule has 4 rings (SSSR count). The molecular formula is C22H23FN4O2. The van der Waals surface area contributed by atoms with Gasteiger partial charge in [0.05, 0.1) is 13.0 Å². The number of rotatable bonds is 5. The molecule has 2 aromatic carbocycles. The predicted molar refractivity (Wildman–Crippen MR) is 106 cm³/mol. The first-order chi connectivity index (χ1) is 14.2. The number of aromatic nitrogens is 2. The maximum absolute atomic E-state index is 13.1. The highest BCUT2D eigenvalue weighted by Gasteiger charge is 2.21. The van der Waals surface area contributed by atoms with Gasteiger partial charge in [-0.1, -0.05) is 35.5 Å². The topological polar surface area (TPSA) is 62.5 Å². The van der Waals surface area contributed by atoms with E-state index in [1.165, 1.54) is 24.3 Å². The zero-order valence-electron chi connectivity index (χ0n) is 16.1. The second-order valence-corrected chi connectivity index (χ2v) is 7.20. The van der Waals surface area contributed by atoms with Crippen LogP contribution in [0.15, 0.2) is 59.1 Å². The zero-order chi connectivity index (χ0) is 20.1. The molecule has 1 fully saturated rings. The molecule has 0 spiro atoms. The quantitative estimate of drug-likeness (QED) is 0.665. The zero-order valence-corrected chi connectivity index (χ0v) is 16.1. The molecule has 1 aliphatic rings. The molecule has 1 aromatic heterocycles. The maximum Gasteiger partial charge on any atom is 0.253 e. The van der Waals surface area contributed by atoms with Crippen LogP contribution in [-0.4, -0.2) is 52.0 Å². The Hall–Kier alpha value is -3.06. The summed E-state index contributed by atoms with van der Waals surface area (Å²) in [6.45, 7) is 3.48. The van der Waals surface area contributed by atoms with Crippen molar-refractivity contribution in [3.63, 3.8) is 0 Å². The van der Waals surface area contributed by atoms with Crippen LogP contribution in [0.4, 0.5) is 4.39 Å². The van der Waals surface area contributed by atoms with Gasteiger partial charge in [-0.05, 0) is 36.2 Å². The van der Waals surface area contributed by atoms with E-state index in [-0.39, 0.29) is 11.7 Å². The summed E-state index contributed by atoms with van der Waals surface area (Å²) < 4.78 is 18.5. The van der Waals surface area contributed by atoms with Crippen LogP contribution in [0.1, 0.15) is 34.1 Å². The lowest BCUT2D eigenvalue weighted by atomic mass is 10.1. The van der Waals surface area contributed by atoms with Crippen LogP contribution in [0.25, 0.3) is 0 Å². The van der Waals surface area contributed by atoms with Crippen molar-refractivity contribution in [2.24, 2.45) is 0 Å². The molecule has 29 heavy (non-hydrogen) atoms. The van der Waals surface area contributed by atoms with E-state index in [2.05, 4.69) is 15.0 Å². The summed E-state index contributed by atoms with van der Waals surface area (Å²) in [5.74, 6) is 0.871. The first-order valence-electron chi connectivity index (χ1n) is 9.80. The van der Waals surface area contributed by atoms with Gasteiger partial charge in [0.1, 0.15) is 5.82 Å². The Kier molecular flexibility index (Phi) is 5.95. The average Bonchev–Trinajstić information content (AvgIpc) is 3.04. The van der Waals surface area contributed by atoms with Crippen molar-refractivity contribution in [2.75, 3.05) is 26.2 Å². The van der Waals surface area contributed by atoms with Crippen LogP contribution < -0.4 is 0 Å². The maximum atomic E-state index is 13.1. The normalized spacial score (nSPS) is 15.3. The van der Waals surface area contributed by atoms with Crippen LogP contribution in [0.5, 0.6) is 0 Å². The number of hydrogen-bond acceptors (Lipinski definition) is 5. The van der Waals surface area contributed by atoms with Crippen LogP contribution in [0.2, 0.25) is 0 Å². The Bertz CT molecular complexity index is 943. The van der Waals surface area contributed by atoms with Crippen molar-refractivity contribution < 1.29 is 13.7 Å². The van der Waals surface area contributed by atoms with Gasteiger partial charge in [0.15, 0.2) is 5.82 Å². The van der Waals surface area contributed by atoms with Gasteiger partial charge in [0.25, 0.3) is 5.91 Å². The molecule has 6 nitrogen and oxygen atoms in total. The SMILES string of the molecule is O=C(c1ccc(F)cc1)N1CCCN(Cc2noc(Cc3ccccc3)n2)CC1. The Morgan fingerprint density at radius 1 is 1.00 bits per heavy atom. The highest BCUT2D eigenvalue weighted by Crippen LogP contribution is 2.13. The van der Waals surface area contributed by atoms with Crippen LogP contribution in [0, 0.1) is 5.82 Å². The van der Waals surface area contributed by atoms with Gasteiger partial charge in [-0.3, -0.25) is 9.69 Å². The summed E-state index contributed by atoms with van der Waals surface area (Å²) in [5.41, 5.74) is 1.65. The highest BCUT2D eigenvalue weighted by molar-refractivity contribution is 5.94. The third-order valence-corrected chi connectivity index (χ3v) is 5.04. The summed E-state index contributed by atoms with van der Waals surface area (Å²) in [4.78, 5) is 21.2. The highest BCUT2D eigenvalue weighted by atomic mass is 19.1. The minimum absolute atomic E-state index is 0.0587. The van der Waals surface area contributed by atoms with Gasteiger partial charge in [0.2, 0.25) is 5.89 Å². The first-order valence-corrected chi connectivity index (χ1v) is 9.80. The van der Waals surface area contributed by atoms with E-state index in [0.29, 0.717) is 43.3 Å². The monoisotopic (exact) mass is 394 g/mol. The van der Waals surface area contributed by atoms with Gasteiger partial charge < -0.3 is 9.42 Å². The van der Waals surface area contributed by atoms with Crippen molar-refractivity contribution in [3.8, 4) is 0 Å². The molecule has 1 aliphatic heterocycles. The van der Waals surface area contributed by atoms with Gasteiger partial charge in [-0.25, -0.2) is 4.39 Å². The number of amides is 1. The number of halogens is 1. The fraction of sp³-hybridized carbons (Fsp3) is 0.318. The lowest BCUT2D eigenvalue weighted by Gasteiger charge is -2.21. The predicted octanol–water partition coefficient (Wildman–Crippen LogP) is 3.15. The molecule has 0 unspecified atom stereocenters. The van der Waals surface area contributed by atoms with Gasteiger partial charge in [0, 0.05) is 31.7 Å². The van der Waals surface area contributed by atoms with Gasteiger partial charge >= 0.3 is 0 Å². The third-order valence-electron chi connectivity index (χ3n) is 5.04. The summed E-state index contributed by atoms with van der Waals surface area (Å²) in [7, 11) is 0. The van der Waals surface area contributed by atoms with E-state index in [4.69, 9.17) is 4.52 Å². The average molecular weight is 394 g/mol. The summed E-state index contributed by atoms with van der Waals surface area (Å²) in [6.07, 6.45) is 1.48. The Morgan fingerprint density at radius 3 is 2.59 bits per heavy atom. The van der Waals surface area contributed by atoms with E-state index in [1.807, 2.05) is 35.2 Å². The fourth-order valence-corrected chi connectivity index (χ4v) is 3.50. The molecule has 0 N–H and O–H groups in total. The second-order valence-electron chi connectivity index (χ2n) is 7.20. The standard InChI is InChI=1S/C22H23FN4O2/c23-19-9-7-18(8-10-19)22(28)27-12-4-11-26(13-14-27)16-20-24-21(29-25-20)15-17-5-2-1-3-6-17/h1-3,5-10H,4,11-16H2. The molecule has 3 aromatic rings. The smallest absolute Gasteiger partial charge is 0.253 e. The molecule has 0 atom stereocenters.